The summed E-state index contributed by atoms with van der Waals surface area (Å²) in [4.78, 5) is 40.3. The maximum atomic E-state index is 13.1. The molecule has 1 N–H and O–H groups in total. The zero-order valence-electron chi connectivity index (χ0n) is 20.3. The molecule has 13 heteroatoms. The number of nitrogens with one attached hydrogen (secondary N) is 1. The van der Waals surface area contributed by atoms with Crippen LogP contribution in [-0.4, -0.2) is 36.4 Å². The van der Waals surface area contributed by atoms with Gasteiger partial charge in [-0.3, -0.25) is 24.4 Å². The number of benzene rings is 3. The molecule has 0 atom stereocenters. The van der Waals surface area contributed by atoms with Crippen molar-refractivity contribution in [2.45, 2.75) is 25.3 Å². The highest BCUT2D eigenvalue weighted by Crippen LogP contribution is 2.24. The molecule has 0 spiro atoms. The second-order valence-corrected chi connectivity index (χ2v) is 10.8. The lowest BCUT2D eigenvalue weighted by Gasteiger charge is -2.09. The fourth-order valence-electron chi connectivity index (χ4n) is 3.55. The van der Waals surface area contributed by atoms with Crippen molar-refractivity contribution in [1.82, 2.24) is 4.57 Å². The fraction of sp³-hybridized carbons (Fsp3) is 0.160. The second-order valence-electron chi connectivity index (χ2n) is 8.10. The fourth-order valence-corrected chi connectivity index (χ4v) is 5.66. The summed E-state index contributed by atoms with van der Waals surface area (Å²) >= 11 is 1.00. The summed E-state index contributed by atoms with van der Waals surface area (Å²) in [6, 6.07) is 16.3. The number of nitro groups is 1. The molecule has 4 aromatic rings. The molecule has 0 aliphatic rings. The van der Waals surface area contributed by atoms with Crippen LogP contribution in [0.2, 0.25) is 0 Å². The van der Waals surface area contributed by atoms with E-state index in [1.807, 2.05) is 6.92 Å². The number of anilines is 1. The summed E-state index contributed by atoms with van der Waals surface area (Å²) in [5, 5.41) is 11.2. The first kappa shape index (κ1) is 26.7. The zero-order chi connectivity index (χ0) is 27.4. The summed E-state index contributed by atoms with van der Waals surface area (Å²) in [5.41, 5.74) is 1.50. The van der Waals surface area contributed by atoms with Crippen molar-refractivity contribution >= 4 is 54.8 Å². The Labute approximate surface area is 221 Å². The predicted molar refractivity (Wildman–Crippen MR) is 141 cm³/mol. The smallest absolute Gasteiger partial charge is 0.326 e. The molecule has 0 aliphatic carbocycles. The van der Waals surface area contributed by atoms with Crippen LogP contribution in [0.25, 0.3) is 10.2 Å². The van der Waals surface area contributed by atoms with Crippen LogP contribution in [-0.2, 0) is 26.1 Å². The first-order valence-corrected chi connectivity index (χ1v) is 13.6. The highest BCUT2D eigenvalue weighted by molar-refractivity contribution is 7.92. The number of fused-ring (bicyclic) bond motifs is 1. The highest BCUT2D eigenvalue weighted by atomic mass is 32.2. The topological polar surface area (TPSA) is 150 Å². The van der Waals surface area contributed by atoms with E-state index in [1.54, 1.807) is 19.1 Å². The lowest BCUT2D eigenvalue weighted by Crippen LogP contribution is -2.23. The number of aryl methyl sites for hydroxylation is 1. The van der Waals surface area contributed by atoms with Crippen LogP contribution < -0.4 is 9.52 Å². The van der Waals surface area contributed by atoms with E-state index in [9.17, 15) is 28.1 Å². The average Bonchev–Trinajstić information content (AvgIpc) is 3.20. The van der Waals surface area contributed by atoms with Gasteiger partial charge < -0.3 is 9.30 Å². The van der Waals surface area contributed by atoms with Crippen molar-refractivity contribution in [2.24, 2.45) is 4.99 Å². The third-order valence-electron chi connectivity index (χ3n) is 5.36. The Kier molecular flexibility index (Phi) is 7.69. The van der Waals surface area contributed by atoms with E-state index in [1.165, 1.54) is 59.2 Å². The Morgan fingerprint density at radius 2 is 1.84 bits per heavy atom. The van der Waals surface area contributed by atoms with E-state index in [0.717, 1.165) is 16.9 Å². The molecule has 4 rings (SSSR count). The summed E-state index contributed by atoms with van der Waals surface area (Å²) in [5.74, 6) is -1.26. The standard InChI is InChI=1S/C25H22N4O7S2/c1-3-36-23(30)15-28-21-12-9-19(29(32)33)14-22(21)37-25(28)26-24(31)17-5-4-6-18(13-17)27-38(34,35)20-10-7-16(2)8-11-20/h4-14,27H,3,15H2,1-2H3. The molecular weight excluding hydrogens is 532 g/mol. The van der Waals surface area contributed by atoms with Gasteiger partial charge in [0.2, 0.25) is 0 Å². The minimum absolute atomic E-state index is 0.0730. The first-order valence-electron chi connectivity index (χ1n) is 11.3. The lowest BCUT2D eigenvalue weighted by molar-refractivity contribution is -0.384. The van der Waals surface area contributed by atoms with Crippen molar-refractivity contribution < 1.29 is 27.7 Å². The number of nitrogens with zero attached hydrogens (tertiary/aromatic N) is 3. The molecule has 3 aromatic carbocycles. The van der Waals surface area contributed by atoms with Crippen LogP contribution >= 0.6 is 11.3 Å². The molecule has 0 saturated carbocycles. The van der Waals surface area contributed by atoms with E-state index in [4.69, 9.17) is 4.74 Å². The van der Waals surface area contributed by atoms with Crippen LogP contribution in [0.5, 0.6) is 0 Å². The van der Waals surface area contributed by atoms with Gasteiger partial charge in [0, 0.05) is 23.4 Å². The molecule has 0 saturated heterocycles. The summed E-state index contributed by atoms with van der Waals surface area (Å²) < 4.78 is 34.9. The third-order valence-corrected chi connectivity index (χ3v) is 7.80. The number of aromatic nitrogens is 1. The summed E-state index contributed by atoms with van der Waals surface area (Å²) in [6.07, 6.45) is 0. The number of rotatable bonds is 8. The molecule has 0 radical (unpaired) electrons. The predicted octanol–water partition coefficient (Wildman–Crippen LogP) is 4.02. The van der Waals surface area contributed by atoms with Gasteiger partial charge >= 0.3 is 5.97 Å². The molecule has 1 amide bonds. The number of thiazole rings is 1. The van der Waals surface area contributed by atoms with Gasteiger partial charge in [-0.15, -0.1) is 0 Å². The van der Waals surface area contributed by atoms with Gasteiger partial charge in [-0.2, -0.15) is 4.99 Å². The quantitative estimate of drug-likeness (QED) is 0.196. The van der Waals surface area contributed by atoms with Crippen molar-refractivity contribution in [3.8, 4) is 0 Å². The number of carbonyl (C=O) groups is 2. The Balaban J connectivity index is 1.70. The number of nitro benzene ring substituents is 1. The molecule has 38 heavy (non-hydrogen) atoms. The minimum Gasteiger partial charge on any atom is -0.465 e. The van der Waals surface area contributed by atoms with Crippen LogP contribution in [0.1, 0.15) is 22.8 Å². The number of amides is 1. The van der Waals surface area contributed by atoms with E-state index >= 15 is 0 Å². The average molecular weight is 555 g/mol. The van der Waals surface area contributed by atoms with Crippen molar-refractivity contribution in [2.75, 3.05) is 11.3 Å². The normalized spacial score (nSPS) is 11.9. The molecule has 0 unspecified atom stereocenters. The lowest BCUT2D eigenvalue weighted by atomic mass is 10.2. The number of carbonyl (C=O) groups excluding carboxylic acids is 2. The van der Waals surface area contributed by atoms with Crippen LogP contribution in [0.15, 0.2) is 76.6 Å². The van der Waals surface area contributed by atoms with Gasteiger partial charge in [0.05, 0.1) is 26.6 Å². The zero-order valence-corrected chi connectivity index (χ0v) is 21.9. The van der Waals surface area contributed by atoms with Crippen LogP contribution in [0.4, 0.5) is 11.4 Å². The van der Waals surface area contributed by atoms with Gasteiger partial charge in [-0.1, -0.05) is 35.1 Å². The number of hydrogen-bond acceptors (Lipinski definition) is 8. The SMILES string of the molecule is CCOC(=O)Cn1c(=NC(=O)c2cccc(NS(=O)(=O)c3ccc(C)cc3)c2)sc2cc([N+](=O)[O-])ccc21. The number of ether oxygens (including phenoxy) is 1. The van der Waals surface area contributed by atoms with Crippen molar-refractivity contribution in [3.63, 3.8) is 0 Å². The Morgan fingerprint density at radius 3 is 2.53 bits per heavy atom. The van der Waals surface area contributed by atoms with Gasteiger partial charge in [0.1, 0.15) is 6.54 Å². The third kappa shape index (κ3) is 5.95. The highest BCUT2D eigenvalue weighted by Gasteiger charge is 2.17. The van der Waals surface area contributed by atoms with Crippen LogP contribution in [0, 0.1) is 17.0 Å². The van der Waals surface area contributed by atoms with Gasteiger partial charge in [-0.05, 0) is 50.2 Å². The minimum atomic E-state index is -3.89. The first-order chi connectivity index (χ1) is 18.1. The van der Waals surface area contributed by atoms with Gasteiger partial charge in [0.15, 0.2) is 4.80 Å². The van der Waals surface area contributed by atoms with E-state index < -0.39 is 26.8 Å². The molecule has 1 aromatic heterocycles. The molecule has 11 nitrogen and oxygen atoms in total. The van der Waals surface area contributed by atoms with E-state index in [-0.39, 0.29) is 39.8 Å². The van der Waals surface area contributed by atoms with Crippen LogP contribution in [0.3, 0.4) is 0 Å². The maximum Gasteiger partial charge on any atom is 0.326 e. The molecule has 0 aliphatic heterocycles. The summed E-state index contributed by atoms with van der Waals surface area (Å²) in [7, 11) is -3.89. The van der Waals surface area contributed by atoms with Gasteiger partial charge in [-0.25, -0.2) is 8.42 Å². The number of esters is 1. The Hall–Kier alpha value is -4.36. The molecule has 0 fully saturated rings. The number of sulfonamides is 1. The second kappa shape index (κ2) is 10.9. The number of non-ortho nitro benzene ring substituents is 1. The van der Waals surface area contributed by atoms with E-state index in [0.29, 0.717) is 10.2 Å². The summed E-state index contributed by atoms with van der Waals surface area (Å²) in [6.45, 7) is 3.40. The van der Waals surface area contributed by atoms with Crippen molar-refractivity contribution in [3.05, 3.63) is 92.8 Å². The molecule has 1 heterocycles. The van der Waals surface area contributed by atoms with Crippen molar-refractivity contribution in [1.29, 1.82) is 0 Å². The molecule has 196 valence electrons. The maximum absolute atomic E-state index is 13.1. The van der Waals surface area contributed by atoms with Gasteiger partial charge in [0.25, 0.3) is 21.6 Å². The number of hydrogen-bond donors (Lipinski definition) is 1. The molecular formula is C25H22N4O7S2. The Bertz CT molecular complexity index is 1720. The Morgan fingerprint density at radius 1 is 1.11 bits per heavy atom. The largest absolute Gasteiger partial charge is 0.465 e. The molecule has 0 bridgehead atoms. The monoisotopic (exact) mass is 554 g/mol. The van der Waals surface area contributed by atoms with E-state index in [2.05, 4.69) is 9.71 Å².